The molecule has 2 amide bonds. The Hall–Kier alpha value is -1.10. The molecule has 0 aromatic carbocycles. The molecule has 0 saturated carbocycles. The first kappa shape index (κ1) is 15.3. The van der Waals surface area contributed by atoms with Crippen molar-refractivity contribution in [1.82, 2.24) is 9.80 Å². The lowest BCUT2D eigenvalue weighted by Crippen LogP contribution is -2.49. The zero-order valence-corrected chi connectivity index (χ0v) is 12.5. The molecule has 5 nitrogen and oxygen atoms in total. The van der Waals surface area contributed by atoms with Crippen molar-refractivity contribution in [1.29, 1.82) is 0 Å². The normalized spacial score (nSPS) is 25.6. The minimum Gasteiger partial charge on any atom is -0.369 e. The summed E-state index contributed by atoms with van der Waals surface area (Å²) in [6.07, 6.45) is 6.27. The highest BCUT2D eigenvalue weighted by atomic mass is 16.2. The lowest BCUT2D eigenvalue weighted by Gasteiger charge is -2.37. The molecular weight excluding hydrogens is 254 g/mol. The molecule has 2 N–H and O–H groups in total. The van der Waals surface area contributed by atoms with E-state index in [4.69, 9.17) is 5.73 Å². The summed E-state index contributed by atoms with van der Waals surface area (Å²) < 4.78 is 0. The Morgan fingerprint density at radius 2 is 1.80 bits per heavy atom. The van der Waals surface area contributed by atoms with Gasteiger partial charge in [0.15, 0.2) is 0 Å². The van der Waals surface area contributed by atoms with E-state index in [9.17, 15) is 9.59 Å². The summed E-state index contributed by atoms with van der Waals surface area (Å²) in [5, 5.41) is 0. The lowest BCUT2D eigenvalue weighted by atomic mass is 9.96. The standard InChI is InChI=1S/C15H27N3O2/c1-2-13-5-3-4-8-18(13)11-14(19)17-9-6-12(7-10-17)15(16)20/h12-13H,2-11H2,1H3,(H2,16,20)/t13-/m0/s1. The van der Waals surface area contributed by atoms with Crippen LogP contribution in [0.2, 0.25) is 0 Å². The SMILES string of the molecule is CC[C@H]1CCCCN1CC(=O)N1CCC(C(N)=O)CC1. The summed E-state index contributed by atoms with van der Waals surface area (Å²) in [7, 11) is 0. The second-order valence-corrected chi connectivity index (χ2v) is 6.09. The van der Waals surface area contributed by atoms with Gasteiger partial charge in [0.2, 0.25) is 11.8 Å². The molecule has 0 aromatic rings. The van der Waals surface area contributed by atoms with Crippen LogP contribution < -0.4 is 5.73 Å². The summed E-state index contributed by atoms with van der Waals surface area (Å²) in [5.41, 5.74) is 5.32. The van der Waals surface area contributed by atoms with Crippen LogP contribution in [0.5, 0.6) is 0 Å². The number of piperidine rings is 2. The van der Waals surface area contributed by atoms with Crippen LogP contribution >= 0.6 is 0 Å². The first-order valence-electron chi connectivity index (χ1n) is 7.93. The second-order valence-electron chi connectivity index (χ2n) is 6.09. The summed E-state index contributed by atoms with van der Waals surface area (Å²) in [4.78, 5) is 27.8. The van der Waals surface area contributed by atoms with Gasteiger partial charge in [-0.2, -0.15) is 0 Å². The van der Waals surface area contributed by atoms with Crippen molar-refractivity contribution in [2.45, 2.75) is 51.5 Å². The minimum atomic E-state index is -0.223. The van der Waals surface area contributed by atoms with Gasteiger partial charge in [-0.1, -0.05) is 13.3 Å². The third kappa shape index (κ3) is 3.72. The molecule has 0 bridgehead atoms. The molecule has 2 rings (SSSR count). The van der Waals surface area contributed by atoms with E-state index in [-0.39, 0.29) is 17.7 Å². The highest BCUT2D eigenvalue weighted by Crippen LogP contribution is 2.21. The second kappa shape index (κ2) is 7.07. The van der Waals surface area contributed by atoms with E-state index in [1.54, 1.807) is 0 Å². The van der Waals surface area contributed by atoms with Gasteiger partial charge in [-0.15, -0.1) is 0 Å². The maximum atomic E-state index is 12.4. The molecule has 0 spiro atoms. The van der Waals surface area contributed by atoms with Gasteiger partial charge in [0.1, 0.15) is 0 Å². The van der Waals surface area contributed by atoms with Crippen molar-refractivity contribution in [2.75, 3.05) is 26.2 Å². The molecule has 0 aromatic heterocycles. The van der Waals surface area contributed by atoms with Gasteiger partial charge in [0.05, 0.1) is 6.54 Å². The zero-order chi connectivity index (χ0) is 14.5. The molecule has 0 radical (unpaired) electrons. The molecule has 5 heteroatoms. The highest BCUT2D eigenvalue weighted by Gasteiger charge is 2.28. The van der Waals surface area contributed by atoms with Crippen molar-refractivity contribution in [3.63, 3.8) is 0 Å². The maximum absolute atomic E-state index is 12.4. The van der Waals surface area contributed by atoms with E-state index in [1.165, 1.54) is 19.3 Å². The summed E-state index contributed by atoms with van der Waals surface area (Å²) in [6, 6.07) is 0.566. The fourth-order valence-electron chi connectivity index (χ4n) is 3.42. The summed E-state index contributed by atoms with van der Waals surface area (Å²) >= 11 is 0. The first-order valence-corrected chi connectivity index (χ1v) is 7.93. The quantitative estimate of drug-likeness (QED) is 0.835. The monoisotopic (exact) mass is 281 g/mol. The molecule has 2 heterocycles. The van der Waals surface area contributed by atoms with E-state index >= 15 is 0 Å². The number of hydrogen-bond acceptors (Lipinski definition) is 3. The Bertz CT molecular complexity index is 351. The van der Waals surface area contributed by atoms with Crippen LogP contribution in [0.25, 0.3) is 0 Å². The van der Waals surface area contributed by atoms with Gasteiger partial charge in [-0.3, -0.25) is 14.5 Å². The molecule has 2 fully saturated rings. The Kier molecular flexibility index (Phi) is 5.40. The highest BCUT2D eigenvalue weighted by molar-refractivity contribution is 5.80. The van der Waals surface area contributed by atoms with Crippen molar-refractivity contribution in [3.8, 4) is 0 Å². The fourth-order valence-corrected chi connectivity index (χ4v) is 3.42. The topological polar surface area (TPSA) is 66.6 Å². The van der Waals surface area contributed by atoms with E-state index < -0.39 is 0 Å². The van der Waals surface area contributed by atoms with Crippen molar-refractivity contribution in [2.24, 2.45) is 11.7 Å². The van der Waals surface area contributed by atoms with Gasteiger partial charge in [0.25, 0.3) is 0 Å². The lowest BCUT2D eigenvalue weighted by molar-refractivity contribution is -0.136. The van der Waals surface area contributed by atoms with Crippen LogP contribution in [-0.4, -0.2) is 53.8 Å². The van der Waals surface area contributed by atoms with Crippen molar-refractivity contribution < 1.29 is 9.59 Å². The number of nitrogens with zero attached hydrogens (tertiary/aromatic N) is 2. The molecule has 2 aliphatic rings. The molecule has 0 aliphatic carbocycles. The number of likely N-dealkylation sites (tertiary alicyclic amines) is 2. The van der Waals surface area contributed by atoms with Crippen LogP contribution in [0.4, 0.5) is 0 Å². The van der Waals surface area contributed by atoms with Crippen LogP contribution in [0.3, 0.4) is 0 Å². The Morgan fingerprint density at radius 1 is 1.10 bits per heavy atom. The van der Waals surface area contributed by atoms with E-state index in [1.807, 2.05) is 4.90 Å². The van der Waals surface area contributed by atoms with Crippen LogP contribution in [0.15, 0.2) is 0 Å². The Labute approximate surface area is 121 Å². The van der Waals surface area contributed by atoms with Gasteiger partial charge in [0, 0.05) is 25.0 Å². The number of rotatable bonds is 4. The average Bonchev–Trinajstić information content (AvgIpc) is 2.48. The van der Waals surface area contributed by atoms with Gasteiger partial charge >= 0.3 is 0 Å². The van der Waals surface area contributed by atoms with Crippen LogP contribution in [0, 0.1) is 5.92 Å². The number of amides is 2. The van der Waals surface area contributed by atoms with E-state index in [0.717, 1.165) is 25.8 Å². The molecule has 114 valence electrons. The van der Waals surface area contributed by atoms with E-state index in [2.05, 4.69) is 11.8 Å². The van der Waals surface area contributed by atoms with Gasteiger partial charge in [-0.25, -0.2) is 0 Å². The largest absolute Gasteiger partial charge is 0.369 e. The molecule has 1 atom stereocenters. The predicted octanol–water partition coefficient (Wildman–Crippen LogP) is 0.975. The smallest absolute Gasteiger partial charge is 0.236 e. The van der Waals surface area contributed by atoms with Gasteiger partial charge < -0.3 is 10.6 Å². The number of carbonyl (C=O) groups excluding carboxylic acids is 2. The third-order valence-corrected chi connectivity index (χ3v) is 4.81. The van der Waals surface area contributed by atoms with Crippen LogP contribution in [0.1, 0.15) is 45.4 Å². The molecule has 2 saturated heterocycles. The average molecular weight is 281 g/mol. The number of hydrogen-bond donors (Lipinski definition) is 1. The minimum absolute atomic E-state index is 0.0440. The first-order chi connectivity index (χ1) is 9.61. The van der Waals surface area contributed by atoms with E-state index in [0.29, 0.717) is 25.7 Å². The van der Waals surface area contributed by atoms with Crippen LogP contribution in [-0.2, 0) is 9.59 Å². The summed E-state index contributed by atoms with van der Waals surface area (Å²) in [5.74, 6) is -0.0510. The number of carbonyl (C=O) groups is 2. The third-order valence-electron chi connectivity index (χ3n) is 4.81. The molecule has 0 unspecified atom stereocenters. The predicted molar refractivity (Wildman–Crippen MR) is 78.0 cm³/mol. The zero-order valence-electron chi connectivity index (χ0n) is 12.5. The number of primary amides is 1. The maximum Gasteiger partial charge on any atom is 0.236 e. The Balaban J connectivity index is 1.81. The molecule has 20 heavy (non-hydrogen) atoms. The fraction of sp³-hybridized carbons (Fsp3) is 0.867. The van der Waals surface area contributed by atoms with Crippen molar-refractivity contribution in [3.05, 3.63) is 0 Å². The number of nitrogens with two attached hydrogens (primary N) is 1. The van der Waals surface area contributed by atoms with Gasteiger partial charge in [-0.05, 0) is 38.6 Å². The molecule has 2 aliphatic heterocycles. The Morgan fingerprint density at radius 3 is 2.40 bits per heavy atom. The van der Waals surface area contributed by atoms with Crippen molar-refractivity contribution >= 4 is 11.8 Å². The summed E-state index contributed by atoms with van der Waals surface area (Å²) in [6.45, 7) is 5.14. The molecular formula is C15H27N3O2.